The van der Waals surface area contributed by atoms with Gasteiger partial charge in [0.15, 0.2) is 11.5 Å². The van der Waals surface area contributed by atoms with Crippen LogP contribution in [-0.2, 0) is 20.9 Å². The maximum absolute atomic E-state index is 12.5. The maximum atomic E-state index is 12.5. The number of nitrogens with zero attached hydrogens (tertiary/aromatic N) is 2. The lowest BCUT2D eigenvalue weighted by Crippen LogP contribution is -2.36. The number of likely N-dealkylation sites (tertiary alicyclic amines) is 1. The molecule has 4 rings (SSSR count). The van der Waals surface area contributed by atoms with Crippen LogP contribution in [0.4, 0.5) is 0 Å². The van der Waals surface area contributed by atoms with Crippen LogP contribution in [0.2, 0.25) is 0 Å². The molecule has 2 aliphatic heterocycles. The smallest absolute Gasteiger partial charge is 0.233 e. The molecule has 1 aromatic rings. The molecule has 3 amide bonds. The first-order valence-corrected chi connectivity index (χ1v) is 10.0. The number of benzene rings is 1. The third-order valence-corrected chi connectivity index (χ3v) is 5.93. The number of rotatable bonds is 5. The molecule has 1 aromatic carbocycles. The lowest BCUT2D eigenvalue weighted by Gasteiger charge is -2.22. The molecule has 2 atom stereocenters. The van der Waals surface area contributed by atoms with E-state index in [4.69, 9.17) is 9.47 Å². The highest BCUT2D eigenvalue weighted by Gasteiger charge is 2.47. The number of carbonyl (C=O) groups excluding carboxylic acids is 3. The molecule has 0 unspecified atom stereocenters. The molecule has 1 aliphatic carbocycles. The fourth-order valence-corrected chi connectivity index (χ4v) is 4.40. The predicted molar refractivity (Wildman–Crippen MR) is 101 cm³/mol. The van der Waals surface area contributed by atoms with Gasteiger partial charge in [0.2, 0.25) is 17.7 Å². The van der Waals surface area contributed by atoms with Crippen molar-refractivity contribution in [3.8, 4) is 11.5 Å². The third-order valence-electron chi connectivity index (χ3n) is 5.93. The maximum Gasteiger partial charge on any atom is 0.233 e. The molecule has 0 radical (unpaired) electrons. The Morgan fingerprint density at radius 2 is 1.71 bits per heavy atom. The molecule has 7 nitrogen and oxygen atoms in total. The van der Waals surface area contributed by atoms with E-state index in [1.807, 2.05) is 18.2 Å². The molecular formula is C21H26N2O5. The number of hydrogen-bond acceptors (Lipinski definition) is 5. The molecule has 7 heteroatoms. The third kappa shape index (κ3) is 3.57. The molecular weight excluding hydrogens is 360 g/mol. The number of amides is 3. The molecule has 0 aromatic heterocycles. The summed E-state index contributed by atoms with van der Waals surface area (Å²) >= 11 is 0. The van der Waals surface area contributed by atoms with Gasteiger partial charge in [0.1, 0.15) is 13.2 Å². The van der Waals surface area contributed by atoms with Crippen LogP contribution in [-0.4, -0.2) is 54.3 Å². The second-order valence-electron chi connectivity index (χ2n) is 7.80. The van der Waals surface area contributed by atoms with Crippen molar-refractivity contribution in [2.24, 2.45) is 11.8 Å². The predicted octanol–water partition coefficient (Wildman–Crippen LogP) is 1.98. The lowest BCUT2D eigenvalue weighted by atomic mass is 9.81. The van der Waals surface area contributed by atoms with Crippen LogP contribution in [0.1, 0.15) is 37.7 Å². The normalized spacial score (nSPS) is 23.5. The number of ether oxygens (including phenoxy) is 2. The summed E-state index contributed by atoms with van der Waals surface area (Å²) in [5, 5.41) is 0. The van der Waals surface area contributed by atoms with Crippen LogP contribution in [0.3, 0.4) is 0 Å². The quantitative estimate of drug-likeness (QED) is 0.724. The second-order valence-corrected chi connectivity index (χ2v) is 7.80. The highest BCUT2D eigenvalue weighted by molar-refractivity contribution is 6.05. The van der Waals surface area contributed by atoms with Gasteiger partial charge in [-0.15, -0.1) is 0 Å². The summed E-state index contributed by atoms with van der Waals surface area (Å²) in [6, 6.07) is 5.65. The Morgan fingerprint density at radius 1 is 1.07 bits per heavy atom. The zero-order valence-corrected chi connectivity index (χ0v) is 16.2. The summed E-state index contributed by atoms with van der Waals surface area (Å²) < 4.78 is 11.1. The van der Waals surface area contributed by atoms with E-state index in [-0.39, 0.29) is 42.5 Å². The summed E-state index contributed by atoms with van der Waals surface area (Å²) in [6.45, 7) is 1.67. The van der Waals surface area contributed by atoms with E-state index in [0.29, 0.717) is 25.5 Å². The Hall–Kier alpha value is -2.57. The average molecular weight is 386 g/mol. The minimum Gasteiger partial charge on any atom is -0.486 e. The van der Waals surface area contributed by atoms with Crippen molar-refractivity contribution < 1.29 is 23.9 Å². The van der Waals surface area contributed by atoms with Gasteiger partial charge in [-0.2, -0.15) is 0 Å². The van der Waals surface area contributed by atoms with Crippen molar-refractivity contribution in [1.82, 2.24) is 9.80 Å². The Morgan fingerprint density at radius 3 is 2.39 bits per heavy atom. The van der Waals surface area contributed by atoms with Gasteiger partial charge in [-0.1, -0.05) is 18.9 Å². The Bertz CT molecular complexity index is 769. The Kier molecular flexibility index (Phi) is 5.24. The molecule has 28 heavy (non-hydrogen) atoms. The topological polar surface area (TPSA) is 76.2 Å². The van der Waals surface area contributed by atoms with Gasteiger partial charge >= 0.3 is 0 Å². The Balaban J connectivity index is 1.32. The summed E-state index contributed by atoms with van der Waals surface area (Å²) in [5.41, 5.74) is 0.944. The van der Waals surface area contributed by atoms with Crippen LogP contribution < -0.4 is 9.47 Å². The lowest BCUT2D eigenvalue weighted by molar-refractivity contribution is -0.140. The highest BCUT2D eigenvalue weighted by atomic mass is 16.6. The molecule has 0 spiro atoms. The van der Waals surface area contributed by atoms with E-state index in [2.05, 4.69) is 0 Å². The van der Waals surface area contributed by atoms with Crippen molar-refractivity contribution in [1.29, 1.82) is 0 Å². The van der Waals surface area contributed by atoms with Gasteiger partial charge in [0.05, 0.1) is 11.8 Å². The van der Waals surface area contributed by atoms with Gasteiger partial charge in [0, 0.05) is 26.6 Å². The molecule has 1 saturated carbocycles. The van der Waals surface area contributed by atoms with Crippen LogP contribution in [0, 0.1) is 11.8 Å². The standard InChI is InChI=1S/C21H26N2O5/c1-22(13-14-6-7-17-18(12-14)28-11-10-27-17)19(24)8-9-23-20(25)15-4-2-3-5-16(15)21(23)26/h6-7,12,15-16H,2-5,8-11,13H2,1H3/t15-,16-/m0/s1. The fourth-order valence-electron chi connectivity index (χ4n) is 4.40. The molecule has 1 saturated heterocycles. The molecule has 0 N–H and O–H groups in total. The number of imide groups is 1. The van der Waals surface area contributed by atoms with Crippen molar-refractivity contribution in [3.05, 3.63) is 23.8 Å². The fraction of sp³-hybridized carbons (Fsp3) is 0.571. The monoisotopic (exact) mass is 386 g/mol. The van der Waals surface area contributed by atoms with E-state index in [1.165, 1.54) is 4.90 Å². The van der Waals surface area contributed by atoms with Crippen LogP contribution in [0.15, 0.2) is 18.2 Å². The van der Waals surface area contributed by atoms with Crippen LogP contribution >= 0.6 is 0 Å². The van der Waals surface area contributed by atoms with Crippen molar-refractivity contribution in [3.63, 3.8) is 0 Å². The largest absolute Gasteiger partial charge is 0.486 e. The summed E-state index contributed by atoms with van der Waals surface area (Å²) in [6.07, 6.45) is 3.75. The minimum atomic E-state index is -0.160. The molecule has 2 fully saturated rings. The Labute approximate surface area is 164 Å². The van der Waals surface area contributed by atoms with Crippen molar-refractivity contribution in [2.75, 3.05) is 26.8 Å². The van der Waals surface area contributed by atoms with Gasteiger partial charge < -0.3 is 14.4 Å². The second kappa shape index (κ2) is 7.81. The molecule has 150 valence electrons. The van der Waals surface area contributed by atoms with E-state index in [0.717, 1.165) is 37.0 Å². The molecule has 3 aliphatic rings. The first kappa shape index (κ1) is 18.8. The molecule has 0 bridgehead atoms. The number of fused-ring (bicyclic) bond motifs is 2. The van der Waals surface area contributed by atoms with E-state index in [9.17, 15) is 14.4 Å². The average Bonchev–Trinajstić information content (AvgIpc) is 2.96. The van der Waals surface area contributed by atoms with Gasteiger partial charge in [-0.3, -0.25) is 19.3 Å². The van der Waals surface area contributed by atoms with Gasteiger partial charge in [-0.25, -0.2) is 0 Å². The minimum absolute atomic E-state index is 0.0861. The number of hydrogen-bond donors (Lipinski definition) is 0. The van der Waals surface area contributed by atoms with Crippen LogP contribution in [0.5, 0.6) is 11.5 Å². The zero-order chi connectivity index (χ0) is 19.7. The molecule has 2 heterocycles. The van der Waals surface area contributed by atoms with Crippen molar-refractivity contribution in [2.45, 2.75) is 38.6 Å². The van der Waals surface area contributed by atoms with E-state index in [1.54, 1.807) is 11.9 Å². The van der Waals surface area contributed by atoms with Crippen LogP contribution in [0.25, 0.3) is 0 Å². The summed E-state index contributed by atoms with van der Waals surface area (Å²) in [5.74, 6) is 0.829. The van der Waals surface area contributed by atoms with Gasteiger partial charge in [-0.05, 0) is 30.5 Å². The highest BCUT2D eigenvalue weighted by Crippen LogP contribution is 2.38. The SMILES string of the molecule is CN(Cc1ccc2c(c1)OCCO2)C(=O)CCN1C(=O)[C@H]2CCCC[C@@H]2C1=O. The van der Waals surface area contributed by atoms with E-state index < -0.39 is 0 Å². The summed E-state index contributed by atoms with van der Waals surface area (Å²) in [7, 11) is 1.73. The number of carbonyl (C=O) groups is 3. The van der Waals surface area contributed by atoms with E-state index >= 15 is 0 Å². The summed E-state index contributed by atoms with van der Waals surface area (Å²) in [4.78, 5) is 40.5. The van der Waals surface area contributed by atoms with Crippen molar-refractivity contribution >= 4 is 17.7 Å². The first-order valence-electron chi connectivity index (χ1n) is 10.0. The zero-order valence-electron chi connectivity index (χ0n) is 16.2. The van der Waals surface area contributed by atoms with Gasteiger partial charge in [0.25, 0.3) is 0 Å². The first-order chi connectivity index (χ1) is 13.5.